The SMILES string of the molecule is COCC(O)CN(C)Cc1cc(F)cc([N+](=O)[O-])c1. The molecule has 0 bridgehead atoms. The Morgan fingerprint density at radius 2 is 2.21 bits per heavy atom. The summed E-state index contributed by atoms with van der Waals surface area (Å²) in [6.45, 7) is 0.838. The maximum absolute atomic E-state index is 13.2. The summed E-state index contributed by atoms with van der Waals surface area (Å²) in [6, 6.07) is 3.44. The van der Waals surface area contributed by atoms with Crippen LogP contribution in [0.3, 0.4) is 0 Å². The van der Waals surface area contributed by atoms with Crippen molar-refractivity contribution in [1.29, 1.82) is 0 Å². The van der Waals surface area contributed by atoms with Gasteiger partial charge in [0, 0.05) is 26.3 Å². The summed E-state index contributed by atoms with van der Waals surface area (Å²) in [5, 5.41) is 20.2. The summed E-state index contributed by atoms with van der Waals surface area (Å²) < 4.78 is 18.0. The number of aliphatic hydroxyl groups is 1. The quantitative estimate of drug-likeness (QED) is 0.595. The summed E-state index contributed by atoms with van der Waals surface area (Å²) in [5.74, 6) is -0.643. The lowest BCUT2D eigenvalue weighted by molar-refractivity contribution is -0.385. The number of nitrogens with zero attached hydrogens (tertiary/aromatic N) is 2. The van der Waals surface area contributed by atoms with Gasteiger partial charge in [0.2, 0.25) is 0 Å². The third-order valence-corrected chi connectivity index (χ3v) is 2.49. The van der Waals surface area contributed by atoms with Crippen LogP contribution in [-0.4, -0.2) is 48.3 Å². The number of rotatable bonds is 7. The minimum Gasteiger partial charge on any atom is -0.389 e. The standard InChI is InChI=1S/C12H17FN2O4/c1-14(7-12(16)8-19-2)6-9-3-10(13)5-11(4-9)15(17)18/h3-5,12,16H,6-8H2,1-2H3. The van der Waals surface area contributed by atoms with Gasteiger partial charge in [0.15, 0.2) is 0 Å². The van der Waals surface area contributed by atoms with Gasteiger partial charge in [0.05, 0.1) is 23.7 Å². The molecule has 7 heteroatoms. The van der Waals surface area contributed by atoms with E-state index in [4.69, 9.17) is 4.74 Å². The third kappa shape index (κ3) is 5.29. The Balaban J connectivity index is 2.68. The van der Waals surface area contributed by atoms with Gasteiger partial charge in [-0.1, -0.05) is 0 Å². The largest absolute Gasteiger partial charge is 0.389 e. The Labute approximate surface area is 110 Å². The molecule has 0 radical (unpaired) electrons. The molecular formula is C12H17FN2O4. The first-order valence-corrected chi connectivity index (χ1v) is 5.71. The normalized spacial score (nSPS) is 12.7. The molecule has 1 aromatic rings. The molecule has 1 aromatic carbocycles. The maximum atomic E-state index is 13.2. The first-order valence-electron chi connectivity index (χ1n) is 5.71. The third-order valence-electron chi connectivity index (χ3n) is 2.49. The molecular weight excluding hydrogens is 255 g/mol. The molecule has 6 nitrogen and oxygen atoms in total. The molecule has 0 fully saturated rings. The summed E-state index contributed by atoms with van der Waals surface area (Å²) in [7, 11) is 3.22. The fourth-order valence-corrected chi connectivity index (χ4v) is 1.81. The molecule has 0 saturated carbocycles. The molecule has 19 heavy (non-hydrogen) atoms. The van der Waals surface area contributed by atoms with E-state index in [1.807, 2.05) is 0 Å². The first-order chi connectivity index (χ1) is 8.92. The predicted octanol–water partition coefficient (Wildman–Crippen LogP) is 1.17. The first kappa shape index (κ1) is 15.5. The van der Waals surface area contributed by atoms with Crippen molar-refractivity contribution in [2.45, 2.75) is 12.6 Å². The molecule has 0 spiro atoms. The van der Waals surface area contributed by atoms with Gasteiger partial charge in [-0.05, 0) is 18.7 Å². The topological polar surface area (TPSA) is 75.8 Å². The van der Waals surface area contributed by atoms with Crippen LogP contribution >= 0.6 is 0 Å². The van der Waals surface area contributed by atoms with E-state index in [1.165, 1.54) is 19.2 Å². The average molecular weight is 272 g/mol. The molecule has 0 amide bonds. The number of aliphatic hydroxyl groups excluding tert-OH is 1. The van der Waals surface area contributed by atoms with Crippen LogP contribution in [-0.2, 0) is 11.3 Å². The number of nitro groups is 1. The van der Waals surface area contributed by atoms with E-state index >= 15 is 0 Å². The zero-order chi connectivity index (χ0) is 14.4. The van der Waals surface area contributed by atoms with E-state index in [2.05, 4.69) is 0 Å². The van der Waals surface area contributed by atoms with Gasteiger partial charge in [-0.15, -0.1) is 0 Å². The molecule has 0 aliphatic heterocycles. The molecule has 1 atom stereocenters. The summed E-state index contributed by atoms with van der Waals surface area (Å²) >= 11 is 0. The minimum absolute atomic E-state index is 0.202. The van der Waals surface area contributed by atoms with Gasteiger partial charge >= 0.3 is 0 Å². The molecule has 0 aromatic heterocycles. The van der Waals surface area contributed by atoms with Crippen LogP contribution in [0.2, 0.25) is 0 Å². The Bertz CT molecular complexity index is 442. The smallest absolute Gasteiger partial charge is 0.272 e. The number of nitro benzene ring substituents is 1. The van der Waals surface area contributed by atoms with Gasteiger partial charge < -0.3 is 9.84 Å². The highest BCUT2D eigenvalue weighted by Crippen LogP contribution is 2.17. The molecule has 1 rings (SSSR count). The average Bonchev–Trinajstić information content (AvgIpc) is 2.27. The molecule has 0 aliphatic rings. The van der Waals surface area contributed by atoms with Crippen molar-refractivity contribution < 1.29 is 19.2 Å². The fraction of sp³-hybridized carbons (Fsp3) is 0.500. The molecule has 0 aliphatic carbocycles. The second-order valence-electron chi connectivity index (χ2n) is 4.38. The predicted molar refractivity (Wildman–Crippen MR) is 67.3 cm³/mol. The van der Waals surface area contributed by atoms with Crippen LogP contribution in [0.15, 0.2) is 18.2 Å². The number of likely N-dealkylation sites (N-methyl/N-ethyl adjacent to an activating group) is 1. The van der Waals surface area contributed by atoms with Crippen molar-refractivity contribution in [3.63, 3.8) is 0 Å². The van der Waals surface area contributed by atoms with E-state index in [0.29, 0.717) is 18.7 Å². The highest BCUT2D eigenvalue weighted by molar-refractivity contribution is 5.35. The van der Waals surface area contributed by atoms with Crippen LogP contribution in [0.5, 0.6) is 0 Å². The van der Waals surface area contributed by atoms with Crippen molar-refractivity contribution >= 4 is 5.69 Å². The molecule has 0 saturated heterocycles. The number of hydrogen-bond acceptors (Lipinski definition) is 5. The number of methoxy groups -OCH3 is 1. The van der Waals surface area contributed by atoms with Crippen molar-refractivity contribution in [2.24, 2.45) is 0 Å². The van der Waals surface area contributed by atoms with Crippen molar-refractivity contribution in [3.05, 3.63) is 39.7 Å². The lowest BCUT2D eigenvalue weighted by atomic mass is 10.2. The number of halogens is 1. The Hall–Kier alpha value is -1.57. The van der Waals surface area contributed by atoms with Gasteiger partial charge in [0.25, 0.3) is 5.69 Å². The van der Waals surface area contributed by atoms with E-state index in [1.54, 1.807) is 11.9 Å². The number of hydrogen-bond donors (Lipinski definition) is 1. The molecule has 0 heterocycles. The van der Waals surface area contributed by atoms with Crippen molar-refractivity contribution in [2.75, 3.05) is 27.3 Å². The zero-order valence-corrected chi connectivity index (χ0v) is 10.9. The maximum Gasteiger partial charge on any atom is 0.272 e. The molecule has 1 unspecified atom stereocenters. The Morgan fingerprint density at radius 3 is 2.79 bits per heavy atom. The highest BCUT2D eigenvalue weighted by Gasteiger charge is 2.13. The fourth-order valence-electron chi connectivity index (χ4n) is 1.81. The summed E-state index contributed by atoms with van der Waals surface area (Å²) in [5.41, 5.74) is 0.208. The van der Waals surface area contributed by atoms with Crippen molar-refractivity contribution in [3.8, 4) is 0 Å². The Kier molecular flexibility index (Phi) is 5.81. The van der Waals surface area contributed by atoms with Crippen LogP contribution in [0, 0.1) is 15.9 Å². The monoisotopic (exact) mass is 272 g/mol. The van der Waals surface area contributed by atoms with Gasteiger partial charge in [0.1, 0.15) is 5.82 Å². The second kappa shape index (κ2) is 7.13. The van der Waals surface area contributed by atoms with Gasteiger partial charge in [-0.3, -0.25) is 15.0 Å². The van der Waals surface area contributed by atoms with Crippen LogP contribution in [0.4, 0.5) is 10.1 Å². The lowest BCUT2D eigenvalue weighted by Gasteiger charge is -2.20. The zero-order valence-electron chi connectivity index (χ0n) is 10.9. The molecule has 106 valence electrons. The minimum atomic E-state index is -0.654. The highest BCUT2D eigenvalue weighted by atomic mass is 19.1. The number of non-ortho nitro benzene ring substituents is 1. The van der Waals surface area contributed by atoms with Crippen LogP contribution < -0.4 is 0 Å². The van der Waals surface area contributed by atoms with E-state index < -0.39 is 16.8 Å². The van der Waals surface area contributed by atoms with Crippen LogP contribution in [0.1, 0.15) is 5.56 Å². The summed E-state index contributed by atoms with van der Waals surface area (Å²) in [4.78, 5) is 11.7. The van der Waals surface area contributed by atoms with Crippen molar-refractivity contribution in [1.82, 2.24) is 4.90 Å². The van der Waals surface area contributed by atoms with Gasteiger partial charge in [-0.2, -0.15) is 0 Å². The number of ether oxygens (including phenoxy) is 1. The Morgan fingerprint density at radius 1 is 1.53 bits per heavy atom. The molecule has 1 N–H and O–H groups in total. The number of benzene rings is 1. The van der Waals surface area contributed by atoms with Gasteiger partial charge in [-0.25, -0.2) is 4.39 Å². The van der Waals surface area contributed by atoms with E-state index in [9.17, 15) is 19.6 Å². The lowest BCUT2D eigenvalue weighted by Crippen LogP contribution is -2.31. The van der Waals surface area contributed by atoms with E-state index in [-0.39, 0.29) is 12.3 Å². The van der Waals surface area contributed by atoms with Crippen LogP contribution in [0.25, 0.3) is 0 Å². The summed E-state index contributed by atoms with van der Waals surface area (Å²) in [6.07, 6.45) is -0.654. The second-order valence-corrected chi connectivity index (χ2v) is 4.38. The van der Waals surface area contributed by atoms with E-state index in [0.717, 1.165) is 6.07 Å².